The van der Waals surface area contributed by atoms with E-state index in [1.165, 1.54) is 10.5 Å². The van der Waals surface area contributed by atoms with Gasteiger partial charge in [-0.1, -0.05) is 34.9 Å². The summed E-state index contributed by atoms with van der Waals surface area (Å²) in [7, 11) is 0. The van der Waals surface area contributed by atoms with Crippen LogP contribution in [0.3, 0.4) is 0 Å². The summed E-state index contributed by atoms with van der Waals surface area (Å²) in [5, 5.41) is 0.749. The van der Waals surface area contributed by atoms with Crippen molar-refractivity contribution in [3.8, 4) is 0 Å². The topological polar surface area (TPSA) is 37.4 Å². The largest absolute Gasteiger partial charge is 0.274 e. The monoisotopic (exact) mass is 309 g/mol. The molecule has 2 amide bonds. The molecule has 0 radical (unpaired) electrons. The van der Waals surface area contributed by atoms with Gasteiger partial charge in [-0.25, -0.2) is 4.90 Å². The molecule has 5 heteroatoms. The molecule has 1 aliphatic carbocycles. The minimum Gasteiger partial charge on any atom is -0.274 e. The Hall–Kier alpha value is -1.32. The van der Waals surface area contributed by atoms with E-state index in [1.54, 1.807) is 18.2 Å². The number of fused-ring (bicyclic) bond motifs is 1. The van der Waals surface area contributed by atoms with Crippen LogP contribution in [0.15, 0.2) is 29.8 Å². The third kappa shape index (κ3) is 2.05. The number of carbonyl (C=O) groups is 2. The predicted molar refractivity (Wildman–Crippen MR) is 78.9 cm³/mol. The third-order valence-corrected chi connectivity index (χ3v) is 4.72. The first-order valence-electron chi connectivity index (χ1n) is 6.47. The van der Waals surface area contributed by atoms with E-state index >= 15 is 0 Å². The molecule has 1 saturated heterocycles. The summed E-state index contributed by atoms with van der Waals surface area (Å²) < 4.78 is 0. The highest BCUT2D eigenvalue weighted by molar-refractivity contribution is 6.42. The zero-order valence-corrected chi connectivity index (χ0v) is 12.4. The van der Waals surface area contributed by atoms with Crippen molar-refractivity contribution in [3.05, 3.63) is 39.9 Å². The van der Waals surface area contributed by atoms with Crippen LogP contribution in [0.1, 0.15) is 19.8 Å². The van der Waals surface area contributed by atoms with E-state index in [0.29, 0.717) is 28.6 Å². The number of halogens is 2. The number of hydrogen-bond acceptors (Lipinski definition) is 2. The molecule has 3 rings (SSSR count). The number of anilines is 1. The molecule has 0 spiro atoms. The highest BCUT2D eigenvalue weighted by Gasteiger charge is 2.48. The van der Waals surface area contributed by atoms with E-state index in [4.69, 9.17) is 23.2 Å². The van der Waals surface area contributed by atoms with Gasteiger partial charge in [0.1, 0.15) is 0 Å². The van der Waals surface area contributed by atoms with Crippen LogP contribution in [-0.4, -0.2) is 11.8 Å². The normalized spacial score (nSPS) is 25.8. The lowest BCUT2D eigenvalue weighted by atomic mass is 9.82. The van der Waals surface area contributed by atoms with E-state index in [1.807, 2.05) is 13.0 Å². The molecule has 104 valence electrons. The molecular weight excluding hydrogens is 297 g/mol. The zero-order chi connectivity index (χ0) is 14.4. The number of nitrogens with zero attached hydrogens (tertiary/aromatic N) is 1. The van der Waals surface area contributed by atoms with E-state index in [-0.39, 0.29) is 23.7 Å². The summed E-state index contributed by atoms with van der Waals surface area (Å²) in [6, 6.07) is 4.82. The fraction of sp³-hybridized carbons (Fsp3) is 0.333. The SMILES string of the molecule is CC1=CC[C@H]2C(=O)N(c3ccc(Cl)c(Cl)c3)C(=O)[C@@H]2C1. The van der Waals surface area contributed by atoms with E-state index in [2.05, 4.69) is 0 Å². The molecule has 1 fully saturated rings. The van der Waals surface area contributed by atoms with Crippen LogP contribution in [0.5, 0.6) is 0 Å². The molecule has 0 aromatic heterocycles. The molecule has 2 atom stereocenters. The van der Waals surface area contributed by atoms with Crippen molar-refractivity contribution in [2.45, 2.75) is 19.8 Å². The fourth-order valence-electron chi connectivity index (χ4n) is 2.92. The molecule has 20 heavy (non-hydrogen) atoms. The van der Waals surface area contributed by atoms with Crippen LogP contribution >= 0.6 is 23.2 Å². The Morgan fingerprint density at radius 3 is 2.50 bits per heavy atom. The Labute approximate surface area is 127 Å². The van der Waals surface area contributed by atoms with Gasteiger partial charge in [0.2, 0.25) is 11.8 Å². The van der Waals surface area contributed by atoms with Crippen LogP contribution in [0.2, 0.25) is 10.0 Å². The van der Waals surface area contributed by atoms with Gasteiger partial charge >= 0.3 is 0 Å². The van der Waals surface area contributed by atoms with E-state index in [0.717, 1.165) is 0 Å². The highest BCUT2D eigenvalue weighted by atomic mass is 35.5. The number of allylic oxidation sites excluding steroid dienone is 2. The zero-order valence-electron chi connectivity index (χ0n) is 10.9. The van der Waals surface area contributed by atoms with E-state index < -0.39 is 0 Å². The number of benzene rings is 1. The van der Waals surface area contributed by atoms with Crippen molar-refractivity contribution in [2.24, 2.45) is 11.8 Å². The summed E-state index contributed by atoms with van der Waals surface area (Å²) >= 11 is 11.8. The first-order valence-corrected chi connectivity index (χ1v) is 7.23. The fourth-order valence-corrected chi connectivity index (χ4v) is 3.21. The molecular formula is C15H13Cl2NO2. The van der Waals surface area contributed by atoms with Crippen LogP contribution in [0.25, 0.3) is 0 Å². The van der Waals surface area contributed by atoms with Gasteiger partial charge in [-0.15, -0.1) is 0 Å². The van der Waals surface area contributed by atoms with Gasteiger partial charge in [-0.2, -0.15) is 0 Å². The maximum atomic E-state index is 12.5. The van der Waals surface area contributed by atoms with Gasteiger partial charge in [0.05, 0.1) is 27.6 Å². The number of amides is 2. The van der Waals surface area contributed by atoms with Crippen LogP contribution in [0, 0.1) is 11.8 Å². The third-order valence-electron chi connectivity index (χ3n) is 3.98. The Kier molecular flexibility index (Phi) is 3.35. The smallest absolute Gasteiger partial charge is 0.238 e. The Bertz CT molecular complexity index is 639. The Morgan fingerprint density at radius 1 is 1.10 bits per heavy atom. The van der Waals surface area contributed by atoms with Crippen molar-refractivity contribution in [2.75, 3.05) is 4.90 Å². The first kappa shape index (κ1) is 13.7. The second-order valence-corrected chi connectivity index (χ2v) is 6.13. The number of hydrogen-bond donors (Lipinski definition) is 0. The number of rotatable bonds is 1. The van der Waals surface area contributed by atoms with E-state index in [9.17, 15) is 9.59 Å². The Balaban J connectivity index is 1.97. The summed E-state index contributed by atoms with van der Waals surface area (Å²) in [5.74, 6) is -0.740. The quantitative estimate of drug-likeness (QED) is 0.584. The molecule has 1 aliphatic heterocycles. The molecule has 0 unspecified atom stereocenters. The van der Waals surface area contributed by atoms with Crippen molar-refractivity contribution in [1.29, 1.82) is 0 Å². The number of imide groups is 1. The van der Waals surface area contributed by atoms with Crippen LogP contribution in [-0.2, 0) is 9.59 Å². The number of carbonyl (C=O) groups excluding carboxylic acids is 2. The molecule has 0 bridgehead atoms. The molecule has 1 aromatic carbocycles. The summed E-state index contributed by atoms with van der Waals surface area (Å²) in [6.07, 6.45) is 3.34. The van der Waals surface area contributed by atoms with Crippen molar-refractivity contribution >= 4 is 40.7 Å². The summed E-state index contributed by atoms with van der Waals surface area (Å²) in [6.45, 7) is 2.00. The standard InChI is InChI=1S/C15H13Cl2NO2/c1-8-2-4-10-11(6-8)15(20)18(14(10)19)9-3-5-12(16)13(17)7-9/h2-3,5,7,10-11H,4,6H2,1H3/t10-,11-/m1/s1. The molecule has 0 saturated carbocycles. The predicted octanol–water partition coefficient (Wildman–Crippen LogP) is 3.84. The van der Waals surface area contributed by atoms with Gasteiger partial charge in [-0.05, 0) is 38.0 Å². The average Bonchev–Trinajstić information content (AvgIpc) is 2.65. The molecule has 3 nitrogen and oxygen atoms in total. The minimum absolute atomic E-state index is 0.133. The maximum Gasteiger partial charge on any atom is 0.238 e. The molecule has 1 aromatic rings. The lowest BCUT2D eigenvalue weighted by molar-refractivity contribution is -0.122. The Morgan fingerprint density at radius 2 is 1.80 bits per heavy atom. The molecule has 2 aliphatic rings. The van der Waals surface area contributed by atoms with Gasteiger partial charge in [0.25, 0.3) is 0 Å². The lowest BCUT2D eigenvalue weighted by Crippen LogP contribution is -2.30. The van der Waals surface area contributed by atoms with Crippen molar-refractivity contribution < 1.29 is 9.59 Å². The van der Waals surface area contributed by atoms with Crippen molar-refractivity contribution in [3.63, 3.8) is 0 Å². The van der Waals surface area contributed by atoms with Gasteiger partial charge in [0.15, 0.2) is 0 Å². The van der Waals surface area contributed by atoms with Gasteiger partial charge in [0, 0.05) is 0 Å². The first-order chi connectivity index (χ1) is 9.49. The highest BCUT2D eigenvalue weighted by Crippen LogP contribution is 2.40. The lowest BCUT2D eigenvalue weighted by Gasteiger charge is -2.18. The van der Waals surface area contributed by atoms with Crippen LogP contribution < -0.4 is 4.90 Å². The van der Waals surface area contributed by atoms with Crippen LogP contribution in [0.4, 0.5) is 5.69 Å². The second kappa shape index (κ2) is 4.90. The minimum atomic E-state index is -0.236. The molecule has 1 heterocycles. The van der Waals surface area contributed by atoms with Gasteiger partial charge < -0.3 is 0 Å². The van der Waals surface area contributed by atoms with Gasteiger partial charge in [-0.3, -0.25) is 9.59 Å². The van der Waals surface area contributed by atoms with Crippen molar-refractivity contribution in [1.82, 2.24) is 0 Å². The summed E-state index contributed by atoms with van der Waals surface area (Å²) in [4.78, 5) is 26.2. The second-order valence-electron chi connectivity index (χ2n) is 5.31. The molecule has 0 N–H and O–H groups in total. The summed E-state index contributed by atoms with van der Waals surface area (Å²) in [5.41, 5.74) is 1.67. The average molecular weight is 310 g/mol. The maximum absolute atomic E-state index is 12.5.